The van der Waals surface area contributed by atoms with Crippen LogP contribution >= 0.6 is 0 Å². The van der Waals surface area contributed by atoms with Crippen molar-refractivity contribution in [2.75, 3.05) is 13.2 Å². The lowest BCUT2D eigenvalue weighted by Crippen LogP contribution is -2.11. The largest absolute Gasteiger partial charge is 0.462 e. The molecule has 5 nitrogen and oxygen atoms in total. The average Bonchev–Trinajstić information content (AvgIpc) is 2.77. The molecule has 0 N–H and O–H groups in total. The van der Waals surface area contributed by atoms with Crippen LogP contribution in [0.4, 0.5) is 0 Å². The van der Waals surface area contributed by atoms with Gasteiger partial charge in [-0.25, -0.2) is 9.59 Å². The molecular weight excluding hydrogens is 378 g/mol. The van der Waals surface area contributed by atoms with Crippen molar-refractivity contribution in [3.63, 3.8) is 0 Å². The highest BCUT2D eigenvalue weighted by atomic mass is 16.5. The minimum absolute atomic E-state index is 0.295. The van der Waals surface area contributed by atoms with Crippen LogP contribution in [-0.2, 0) is 9.47 Å². The zero-order valence-corrected chi connectivity index (χ0v) is 19.1. The molecule has 0 aromatic carbocycles. The van der Waals surface area contributed by atoms with Crippen LogP contribution in [0.25, 0.3) is 0 Å². The van der Waals surface area contributed by atoms with Gasteiger partial charge < -0.3 is 9.47 Å². The van der Waals surface area contributed by atoms with Gasteiger partial charge in [0.25, 0.3) is 0 Å². The molecule has 0 spiro atoms. The van der Waals surface area contributed by atoms with E-state index in [4.69, 9.17) is 9.47 Å². The SMILES string of the molecule is CCCCCCCCCOC(=O)c1cncc(C(=O)OCCCCCCCCC)c1. The second kappa shape index (κ2) is 17.9. The summed E-state index contributed by atoms with van der Waals surface area (Å²) in [5.41, 5.74) is 0.589. The predicted octanol–water partition coefficient (Wildman–Crippen LogP) is 6.90. The van der Waals surface area contributed by atoms with Crippen molar-refractivity contribution in [2.24, 2.45) is 0 Å². The zero-order chi connectivity index (χ0) is 21.9. The summed E-state index contributed by atoms with van der Waals surface area (Å²) in [5.74, 6) is -0.870. The van der Waals surface area contributed by atoms with Crippen LogP contribution in [0, 0.1) is 0 Å². The van der Waals surface area contributed by atoms with Gasteiger partial charge in [0.05, 0.1) is 24.3 Å². The number of hydrogen-bond acceptors (Lipinski definition) is 5. The Morgan fingerprint density at radius 2 is 1.00 bits per heavy atom. The Labute approximate surface area is 183 Å². The molecule has 30 heavy (non-hydrogen) atoms. The van der Waals surface area contributed by atoms with Crippen LogP contribution in [0.3, 0.4) is 0 Å². The van der Waals surface area contributed by atoms with Gasteiger partial charge in [-0.2, -0.15) is 0 Å². The summed E-state index contributed by atoms with van der Waals surface area (Å²) >= 11 is 0. The molecule has 5 heteroatoms. The number of aromatic nitrogens is 1. The maximum atomic E-state index is 12.2. The minimum atomic E-state index is -0.435. The van der Waals surface area contributed by atoms with Gasteiger partial charge in [-0.1, -0.05) is 90.9 Å². The third-order valence-electron chi connectivity index (χ3n) is 5.17. The normalized spacial score (nSPS) is 10.7. The first-order valence-corrected chi connectivity index (χ1v) is 12.0. The molecule has 0 aliphatic rings. The molecular formula is C25H41NO4. The fourth-order valence-electron chi connectivity index (χ4n) is 3.28. The molecule has 0 unspecified atom stereocenters. The van der Waals surface area contributed by atoms with Crippen molar-refractivity contribution in [2.45, 2.75) is 104 Å². The molecule has 0 bridgehead atoms. The minimum Gasteiger partial charge on any atom is -0.462 e. The second-order valence-electron chi connectivity index (χ2n) is 7.98. The molecule has 0 radical (unpaired) electrons. The highest BCUT2D eigenvalue weighted by Crippen LogP contribution is 2.11. The lowest BCUT2D eigenvalue weighted by atomic mass is 10.1. The van der Waals surface area contributed by atoms with Crippen molar-refractivity contribution in [3.8, 4) is 0 Å². The van der Waals surface area contributed by atoms with Gasteiger partial charge in [-0.05, 0) is 18.9 Å². The fourth-order valence-corrected chi connectivity index (χ4v) is 3.28. The molecule has 0 amide bonds. The van der Waals surface area contributed by atoms with Crippen LogP contribution in [0.1, 0.15) is 124 Å². The Morgan fingerprint density at radius 1 is 0.633 bits per heavy atom. The summed E-state index contributed by atoms with van der Waals surface area (Å²) in [5, 5.41) is 0. The number of carbonyl (C=O) groups is 2. The Balaban J connectivity index is 2.22. The number of pyridine rings is 1. The second-order valence-corrected chi connectivity index (χ2v) is 7.98. The lowest BCUT2D eigenvalue weighted by Gasteiger charge is -2.07. The highest BCUT2D eigenvalue weighted by molar-refractivity contribution is 5.94. The molecule has 1 aromatic rings. The van der Waals surface area contributed by atoms with Gasteiger partial charge in [0.15, 0.2) is 0 Å². The number of hydrogen-bond donors (Lipinski definition) is 0. The van der Waals surface area contributed by atoms with E-state index >= 15 is 0 Å². The quantitative estimate of drug-likeness (QED) is 0.191. The van der Waals surface area contributed by atoms with E-state index in [9.17, 15) is 9.59 Å². The predicted molar refractivity (Wildman–Crippen MR) is 121 cm³/mol. The van der Waals surface area contributed by atoms with E-state index in [2.05, 4.69) is 18.8 Å². The first-order valence-electron chi connectivity index (χ1n) is 12.0. The van der Waals surface area contributed by atoms with Crippen LogP contribution < -0.4 is 0 Å². The van der Waals surface area contributed by atoms with Crippen LogP contribution in [0.2, 0.25) is 0 Å². The summed E-state index contributed by atoms with van der Waals surface area (Å²) in [7, 11) is 0. The van der Waals surface area contributed by atoms with E-state index in [-0.39, 0.29) is 0 Å². The first-order chi connectivity index (χ1) is 14.7. The number of unbranched alkanes of at least 4 members (excludes halogenated alkanes) is 12. The van der Waals surface area contributed by atoms with E-state index in [1.807, 2.05) is 0 Å². The van der Waals surface area contributed by atoms with Crippen LogP contribution in [-0.4, -0.2) is 30.1 Å². The van der Waals surface area contributed by atoms with Gasteiger partial charge >= 0.3 is 11.9 Å². The molecule has 0 fully saturated rings. The summed E-state index contributed by atoms with van der Waals surface area (Å²) < 4.78 is 10.6. The number of ether oxygens (including phenoxy) is 2. The number of nitrogens with zero attached hydrogens (tertiary/aromatic N) is 1. The maximum absolute atomic E-state index is 12.2. The van der Waals surface area contributed by atoms with Gasteiger partial charge in [0, 0.05) is 12.4 Å². The summed E-state index contributed by atoms with van der Waals surface area (Å²) in [6.07, 6.45) is 19.2. The third kappa shape index (κ3) is 12.6. The highest BCUT2D eigenvalue weighted by Gasteiger charge is 2.13. The van der Waals surface area contributed by atoms with Gasteiger partial charge in [0.2, 0.25) is 0 Å². The number of esters is 2. The Morgan fingerprint density at radius 3 is 1.40 bits per heavy atom. The molecule has 0 aliphatic carbocycles. The van der Waals surface area contributed by atoms with Gasteiger partial charge in [-0.15, -0.1) is 0 Å². The van der Waals surface area contributed by atoms with Crippen molar-refractivity contribution in [3.05, 3.63) is 29.6 Å². The summed E-state index contributed by atoms with van der Waals surface area (Å²) in [6.45, 7) is 5.22. The fraction of sp³-hybridized carbons (Fsp3) is 0.720. The van der Waals surface area contributed by atoms with E-state index in [1.165, 1.54) is 82.7 Å². The molecule has 1 heterocycles. The van der Waals surface area contributed by atoms with Crippen molar-refractivity contribution in [1.82, 2.24) is 4.98 Å². The monoisotopic (exact) mass is 419 g/mol. The van der Waals surface area contributed by atoms with E-state index in [0.717, 1.165) is 25.7 Å². The Hall–Kier alpha value is -1.91. The standard InChI is InChI=1S/C25H41NO4/c1-3-5-7-9-11-13-15-17-29-24(27)22-19-23(21-26-20-22)25(28)30-18-16-14-12-10-8-6-4-2/h19-21H,3-18H2,1-2H3. The molecule has 0 atom stereocenters. The summed E-state index contributed by atoms with van der Waals surface area (Å²) in [4.78, 5) is 28.4. The topological polar surface area (TPSA) is 65.5 Å². The van der Waals surface area contributed by atoms with Crippen LogP contribution in [0.15, 0.2) is 18.5 Å². The Kier molecular flexibility index (Phi) is 15.6. The maximum Gasteiger partial charge on any atom is 0.339 e. The third-order valence-corrected chi connectivity index (χ3v) is 5.17. The lowest BCUT2D eigenvalue weighted by molar-refractivity contribution is 0.0495. The molecule has 0 saturated heterocycles. The molecule has 0 saturated carbocycles. The van der Waals surface area contributed by atoms with Crippen molar-refractivity contribution < 1.29 is 19.1 Å². The smallest absolute Gasteiger partial charge is 0.339 e. The first kappa shape index (κ1) is 26.1. The molecule has 1 aromatic heterocycles. The number of rotatable bonds is 18. The average molecular weight is 420 g/mol. The molecule has 170 valence electrons. The van der Waals surface area contributed by atoms with Crippen molar-refractivity contribution >= 4 is 11.9 Å². The zero-order valence-electron chi connectivity index (χ0n) is 19.1. The van der Waals surface area contributed by atoms with Crippen LogP contribution in [0.5, 0.6) is 0 Å². The van der Waals surface area contributed by atoms with E-state index in [1.54, 1.807) is 0 Å². The molecule has 1 rings (SSSR count). The number of carbonyl (C=O) groups excluding carboxylic acids is 2. The summed E-state index contributed by atoms with van der Waals surface area (Å²) in [6, 6.07) is 1.51. The van der Waals surface area contributed by atoms with Gasteiger partial charge in [0.1, 0.15) is 0 Å². The van der Waals surface area contributed by atoms with E-state index in [0.29, 0.717) is 24.3 Å². The molecule has 0 aliphatic heterocycles. The Bertz CT molecular complexity index is 541. The van der Waals surface area contributed by atoms with Crippen molar-refractivity contribution in [1.29, 1.82) is 0 Å². The van der Waals surface area contributed by atoms with E-state index < -0.39 is 11.9 Å². The van der Waals surface area contributed by atoms with Gasteiger partial charge in [-0.3, -0.25) is 4.98 Å².